The lowest BCUT2D eigenvalue weighted by Crippen LogP contribution is -2.44. The second-order valence-electron chi connectivity index (χ2n) is 8.11. The summed E-state index contributed by atoms with van der Waals surface area (Å²) in [6.07, 6.45) is 11.0. The molecule has 0 atom stereocenters. The Balaban J connectivity index is 1.57. The molecule has 1 aromatic carbocycles. The summed E-state index contributed by atoms with van der Waals surface area (Å²) < 4.78 is 1.96. The van der Waals surface area contributed by atoms with E-state index in [0.717, 1.165) is 37.6 Å². The zero-order valence-corrected chi connectivity index (χ0v) is 17.6. The number of aliphatic imine (C=N–C) groups is 1. The highest BCUT2D eigenvalue weighted by Crippen LogP contribution is 2.38. The lowest BCUT2D eigenvalue weighted by molar-refractivity contribution is 0.131. The Morgan fingerprint density at radius 3 is 2.66 bits per heavy atom. The van der Waals surface area contributed by atoms with Gasteiger partial charge in [-0.3, -0.25) is 4.68 Å². The van der Waals surface area contributed by atoms with Gasteiger partial charge in [0.15, 0.2) is 5.96 Å². The summed E-state index contributed by atoms with van der Waals surface area (Å²) in [5, 5.41) is 20.9. The van der Waals surface area contributed by atoms with Crippen LogP contribution in [0.1, 0.15) is 56.6 Å². The van der Waals surface area contributed by atoms with Crippen LogP contribution in [0.5, 0.6) is 0 Å². The van der Waals surface area contributed by atoms with Gasteiger partial charge in [0, 0.05) is 31.5 Å². The Morgan fingerprint density at radius 2 is 1.93 bits per heavy atom. The fraction of sp³-hybridized carbons (Fsp3) is 0.565. The Labute approximate surface area is 174 Å². The standard InChI is InChI=1S/C23H35N5O/c1-2-24-22(26-19-23(13-14-29)11-7-4-8-12-23)25-15-21-16-27-28(18-21)17-20-9-5-3-6-10-20/h3,5-6,9-10,16,18,29H,2,4,7-8,11-15,17,19H2,1H3,(H2,24,25,26). The van der Waals surface area contributed by atoms with E-state index in [1.807, 2.05) is 29.1 Å². The van der Waals surface area contributed by atoms with Gasteiger partial charge in [-0.2, -0.15) is 5.10 Å². The highest BCUT2D eigenvalue weighted by Gasteiger charge is 2.31. The second-order valence-corrected chi connectivity index (χ2v) is 8.11. The van der Waals surface area contributed by atoms with Crippen LogP contribution in [-0.2, 0) is 13.1 Å². The maximum atomic E-state index is 9.53. The zero-order valence-electron chi connectivity index (χ0n) is 17.6. The largest absolute Gasteiger partial charge is 0.396 e. The molecule has 2 aromatic rings. The minimum atomic E-state index is 0.198. The van der Waals surface area contributed by atoms with E-state index in [0.29, 0.717) is 6.54 Å². The van der Waals surface area contributed by atoms with Gasteiger partial charge in [-0.05, 0) is 37.2 Å². The maximum absolute atomic E-state index is 9.53. The van der Waals surface area contributed by atoms with Crippen LogP contribution in [0, 0.1) is 5.41 Å². The predicted molar refractivity (Wildman–Crippen MR) is 118 cm³/mol. The van der Waals surface area contributed by atoms with Crippen molar-refractivity contribution in [1.29, 1.82) is 0 Å². The predicted octanol–water partition coefficient (Wildman–Crippen LogP) is 3.32. The van der Waals surface area contributed by atoms with Crippen LogP contribution in [0.2, 0.25) is 0 Å². The lowest BCUT2D eigenvalue weighted by Gasteiger charge is -2.37. The van der Waals surface area contributed by atoms with Crippen molar-refractivity contribution in [2.24, 2.45) is 10.4 Å². The highest BCUT2D eigenvalue weighted by atomic mass is 16.3. The Kier molecular flexibility index (Phi) is 8.11. The molecule has 1 heterocycles. The van der Waals surface area contributed by atoms with E-state index in [1.165, 1.54) is 37.7 Å². The van der Waals surface area contributed by atoms with Crippen molar-refractivity contribution in [2.75, 3.05) is 19.7 Å². The number of guanidine groups is 1. The van der Waals surface area contributed by atoms with Gasteiger partial charge in [0.2, 0.25) is 0 Å². The van der Waals surface area contributed by atoms with Crippen molar-refractivity contribution < 1.29 is 5.11 Å². The van der Waals surface area contributed by atoms with E-state index >= 15 is 0 Å². The molecule has 0 saturated heterocycles. The smallest absolute Gasteiger partial charge is 0.191 e. The molecule has 1 aliphatic carbocycles. The summed E-state index contributed by atoms with van der Waals surface area (Å²) in [7, 11) is 0. The van der Waals surface area contributed by atoms with Gasteiger partial charge in [-0.25, -0.2) is 4.99 Å². The average Bonchev–Trinajstić information content (AvgIpc) is 3.19. The number of hydrogen-bond acceptors (Lipinski definition) is 3. The number of benzene rings is 1. The quantitative estimate of drug-likeness (QED) is 0.448. The molecule has 158 valence electrons. The molecule has 1 fully saturated rings. The molecule has 0 spiro atoms. The van der Waals surface area contributed by atoms with Crippen LogP contribution in [-0.4, -0.2) is 40.5 Å². The molecule has 0 radical (unpaired) electrons. The molecule has 1 aromatic heterocycles. The molecule has 0 amide bonds. The van der Waals surface area contributed by atoms with Crippen molar-refractivity contribution in [3.63, 3.8) is 0 Å². The van der Waals surface area contributed by atoms with Crippen molar-refractivity contribution in [2.45, 2.75) is 58.5 Å². The van der Waals surface area contributed by atoms with Crippen molar-refractivity contribution in [1.82, 2.24) is 20.4 Å². The summed E-state index contributed by atoms with van der Waals surface area (Å²) in [5.41, 5.74) is 2.53. The highest BCUT2D eigenvalue weighted by molar-refractivity contribution is 5.79. The van der Waals surface area contributed by atoms with Gasteiger partial charge in [-0.15, -0.1) is 0 Å². The summed E-state index contributed by atoms with van der Waals surface area (Å²) >= 11 is 0. The minimum Gasteiger partial charge on any atom is -0.396 e. The topological polar surface area (TPSA) is 74.5 Å². The number of aromatic nitrogens is 2. The number of hydrogen-bond donors (Lipinski definition) is 3. The summed E-state index contributed by atoms with van der Waals surface area (Å²) in [5.74, 6) is 0.839. The molecule has 0 unspecified atom stereocenters. The molecular weight excluding hydrogens is 362 g/mol. The number of nitrogens with zero attached hydrogens (tertiary/aromatic N) is 3. The minimum absolute atomic E-state index is 0.198. The molecule has 3 rings (SSSR count). The average molecular weight is 398 g/mol. The van der Waals surface area contributed by atoms with Gasteiger partial charge in [-0.1, -0.05) is 49.6 Å². The first-order valence-corrected chi connectivity index (χ1v) is 10.9. The first kappa shape index (κ1) is 21.4. The summed E-state index contributed by atoms with van der Waals surface area (Å²) in [6.45, 7) is 5.40. The molecular formula is C23H35N5O. The summed E-state index contributed by atoms with van der Waals surface area (Å²) in [4.78, 5) is 4.76. The number of aliphatic hydroxyl groups excluding tert-OH is 1. The fourth-order valence-corrected chi connectivity index (χ4v) is 4.18. The van der Waals surface area contributed by atoms with Gasteiger partial charge >= 0.3 is 0 Å². The molecule has 6 nitrogen and oxygen atoms in total. The molecule has 0 aliphatic heterocycles. The first-order valence-electron chi connectivity index (χ1n) is 10.9. The van der Waals surface area contributed by atoms with Gasteiger partial charge < -0.3 is 15.7 Å². The van der Waals surface area contributed by atoms with E-state index in [4.69, 9.17) is 4.99 Å². The van der Waals surface area contributed by atoms with Crippen LogP contribution < -0.4 is 10.6 Å². The van der Waals surface area contributed by atoms with Crippen LogP contribution in [0.15, 0.2) is 47.7 Å². The van der Waals surface area contributed by atoms with Crippen molar-refractivity contribution >= 4 is 5.96 Å². The monoisotopic (exact) mass is 397 g/mol. The van der Waals surface area contributed by atoms with Gasteiger partial charge in [0.25, 0.3) is 0 Å². The van der Waals surface area contributed by atoms with E-state index < -0.39 is 0 Å². The van der Waals surface area contributed by atoms with Crippen LogP contribution >= 0.6 is 0 Å². The van der Waals surface area contributed by atoms with Crippen molar-refractivity contribution in [3.05, 3.63) is 53.9 Å². The Hall–Kier alpha value is -2.34. The van der Waals surface area contributed by atoms with Crippen molar-refractivity contribution in [3.8, 4) is 0 Å². The number of aliphatic hydroxyl groups is 1. The number of nitrogens with one attached hydrogen (secondary N) is 2. The number of rotatable bonds is 9. The Morgan fingerprint density at radius 1 is 1.14 bits per heavy atom. The Bertz CT molecular complexity index is 744. The van der Waals surface area contributed by atoms with E-state index in [-0.39, 0.29) is 12.0 Å². The van der Waals surface area contributed by atoms with E-state index in [1.54, 1.807) is 0 Å². The second kappa shape index (κ2) is 11.0. The molecule has 6 heteroatoms. The normalized spacial score (nSPS) is 16.6. The fourth-order valence-electron chi connectivity index (χ4n) is 4.18. The third kappa shape index (κ3) is 6.60. The lowest BCUT2D eigenvalue weighted by atomic mass is 9.72. The van der Waals surface area contributed by atoms with Crippen LogP contribution in [0.4, 0.5) is 0 Å². The van der Waals surface area contributed by atoms with Crippen LogP contribution in [0.25, 0.3) is 0 Å². The van der Waals surface area contributed by atoms with Crippen LogP contribution in [0.3, 0.4) is 0 Å². The maximum Gasteiger partial charge on any atom is 0.191 e. The summed E-state index contributed by atoms with van der Waals surface area (Å²) in [6, 6.07) is 10.4. The third-order valence-electron chi connectivity index (χ3n) is 5.83. The molecule has 0 bridgehead atoms. The van der Waals surface area contributed by atoms with Gasteiger partial charge in [0.1, 0.15) is 0 Å². The zero-order chi connectivity index (χ0) is 20.4. The molecule has 1 saturated carbocycles. The van der Waals surface area contributed by atoms with E-state index in [9.17, 15) is 5.11 Å². The molecule has 29 heavy (non-hydrogen) atoms. The van der Waals surface area contributed by atoms with Gasteiger partial charge in [0.05, 0.1) is 19.3 Å². The SMILES string of the molecule is CCNC(=NCc1cnn(Cc2ccccc2)c1)NCC1(CCO)CCCCC1. The molecule has 1 aliphatic rings. The van der Waals surface area contributed by atoms with E-state index in [2.05, 4.69) is 41.0 Å². The first-order chi connectivity index (χ1) is 14.2. The third-order valence-corrected chi connectivity index (χ3v) is 5.83. The molecule has 3 N–H and O–H groups in total.